The van der Waals surface area contributed by atoms with E-state index in [4.69, 9.17) is 0 Å². The van der Waals surface area contributed by atoms with Crippen molar-refractivity contribution in [2.75, 3.05) is 0 Å². The summed E-state index contributed by atoms with van der Waals surface area (Å²) in [6.45, 7) is 3.79. The van der Waals surface area contributed by atoms with Crippen LogP contribution < -0.4 is 4.72 Å². The Morgan fingerprint density at radius 2 is 1.95 bits per heavy atom. The zero-order valence-corrected chi connectivity index (χ0v) is 12.2. The van der Waals surface area contributed by atoms with Gasteiger partial charge in [0.15, 0.2) is 0 Å². The van der Waals surface area contributed by atoms with E-state index in [0.29, 0.717) is 11.4 Å². The molecule has 0 aromatic carbocycles. The summed E-state index contributed by atoms with van der Waals surface area (Å²) < 4.78 is 30.0. The molecular formula is C11H17N5O2S. The van der Waals surface area contributed by atoms with Crippen molar-refractivity contribution in [1.82, 2.24) is 24.3 Å². The molecule has 1 N–H and O–H groups in total. The van der Waals surface area contributed by atoms with Crippen molar-refractivity contribution < 1.29 is 8.42 Å². The summed E-state index contributed by atoms with van der Waals surface area (Å²) in [6.07, 6.45) is 1.35. The van der Waals surface area contributed by atoms with Gasteiger partial charge in [0.05, 0.1) is 24.1 Å². The number of hydrogen-bond donors (Lipinski definition) is 1. The van der Waals surface area contributed by atoms with Crippen LogP contribution in [0.2, 0.25) is 0 Å². The Kier molecular flexibility index (Phi) is 3.46. The first-order valence-corrected chi connectivity index (χ1v) is 7.27. The summed E-state index contributed by atoms with van der Waals surface area (Å²) in [5.41, 5.74) is 2.27. The Hall–Kier alpha value is -1.67. The molecule has 0 radical (unpaired) electrons. The third kappa shape index (κ3) is 2.69. The Morgan fingerprint density at radius 1 is 1.26 bits per heavy atom. The van der Waals surface area contributed by atoms with E-state index in [-0.39, 0.29) is 11.4 Å². The van der Waals surface area contributed by atoms with Crippen molar-refractivity contribution >= 4 is 10.0 Å². The van der Waals surface area contributed by atoms with Gasteiger partial charge in [-0.1, -0.05) is 0 Å². The molecule has 7 nitrogen and oxygen atoms in total. The van der Waals surface area contributed by atoms with Crippen molar-refractivity contribution in [2.45, 2.75) is 25.3 Å². The fraction of sp³-hybridized carbons (Fsp3) is 0.455. The third-order valence-corrected chi connectivity index (χ3v) is 4.59. The largest absolute Gasteiger partial charge is 0.273 e. The number of aromatic nitrogens is 4. The van der Waals surface area contributed by atoms with Crippen LogP contribution in [0.3, 0.4) is 0 Å². The fourth-order valence-corrected chi connectivity index (χ4v) is 2.91. The predicted octanol–water partition coefficient (Wildman–Crippen LogP) is 0.249. The van der Waals surface area contributed by atoms with Crippen LogP contribution in [0.4, 0.5) is 0 Å². The minimum atomic E-state index is -3.55. The lowest BCUT2D eigenvalue weighted by atomic mass is 10.4. The molecule has 104 valence electrons. The van der Waals surface area contributed by atoms with E-state index >= 15 is 0 Å². The standard InChI is InChI=1S/C11H17N5O2S/c1-8-5-10(14-15(8)3)6-13-19(17,18)11-7-12-16(4)9(11)2/h5,7,13H,6H2,1-4H3. The number of nitrogens with one attached hydrogen (secondary N) is 1. The van der Waals surface area contributed by atoms with Gasteiger partial charge in [0.1, 0.15) is 4.90 Å². The zero-order valence-electron chi connectivity index (χ0n) is 11.4. The highest BCUT2D eigenvalue weighted by molar-refractivity contribution is 7.89. The van der Waals surface area contributed by atoms with Gasteiger partial charge in [-0.2, -0.15) is 10.2 Å². The van der Waals surface area contributed by atoms with E-state index in [1.54, 1.807) is 18.7 Å². The second kappa shape index (κ2) is 4.78. The number of aryl methyl sites for hydroxylation is 3. The topological polar surface area (TPSA) is 81.8 Å². The van der Waals surface area contributed by atoms with Gasteiger partial charge in [0, 0.05) is 19.8 Å². The van der Waals surface area contributed by atoms with Gasteiger partial charge in [-0.25, -0.2) is 13.1 Å². The molecule has 2 rings (SSSR count). The molecule has 0 bridgehead atoms. The SMILES string of the molecule is Cc1cc(CNS(=O)(=O)c2cnn(C)c2C)nn1C. The van der Waals surface area contributed by atoms with Gasteiger partial charge >= 0.3 is 0 Å². The molecule has 0 unspecified atom stereocenters. The molecule has 8 heteroatoms. The van der Waals surface area contributed by atoms with E-state index in [1.807, 2.05) is 20.0 Å². The Labute approximate surface area is 112 Å². The summed E-state index contributed by atoms with van der Waals surface area (Å²) >= 11 is 0. The fourth-order valence-electron chi connectivity index (χ4n) is 1.71. The lowest BCUT2D eigenvalue weighted by Crippen LogP contribution is -2.24. The maximum atomic E-state index is 12.1. The molecule has 0 aliphatic heterocycles. The number of rotatable bonds is 4. The number of sulfonamides is 1. The third-order valence-electron chi connectivity index (χ3n) is 3.09. The van der Waals surface area contributed by atoms with Crippen molar-refractivity contribution in [3.05, 3.63) is 29.3 Å². The summed E-state index contributed by atoms with van der Waals surface area (Å²) in [5.74, 6) is 0. The molecule has 0 fully saturated rings. The summed E-state index contributed by atoms with van der Waals surface area (Å²) in [7, 11) is -0.0316. The number of nitrogens with zero attached hydrogens (tertiary/aromatic N) is 4. The molecule has 2 aromatic rings. The first kappa shape index (κ1) is 13.8. The summed E-state index contributed by atoms with van der Waals surface area (Å²) in [6, 6.07) is 1.85. The molecule has 0 amide bonds. The minimum Gasteiger partial charge on any atom is -0.273 e. The van der Waals surface area contributed by atoms with Gasteiger partial charge in [-0.3, -0.25) is 9.36 Å². The molecule has 2 aromatic heterocycles. The van der Waals surface area contributed by atoms with Crippen LogP contribution in [0.15, 0.2) is 17.2 Å². The predicted molar refractivity (Wildman–Crippen MR) is 69.9 cm³/mol. The van der Waals surface area contributed by atoms with Gasteiger partial charge in [0.25, 0.3) is 0 Å². The van der Waals surface area contributed by atoms with Crippen LogP contribution in [-0.4, -0.2) is 28.0 Å². The van der Waals surface area contributed by atoms with Crippen LogP contribution in [0.5, 0.6) is 0 Å². The molecule has 0 saturated heterocycles. The Morgan fingerprint density at radius 3 is 2.42 bits per heavy atom. The monoisotopic (exact) mass is 283 g/mol. The maximum Gasteiger partial charge on any atom is 0.244 e. The highest BCUT2D eigenvalue weighted by Crippen LogP contribution is 2.13. The van der Waals surface area contributed by atoms with Crippen LogP contribution in [0.1, 0.15) is 17.1 Å². The van der Waals surface area contributed by atoms with Gasteiger partial charge < -0.3 is 0 Å². The molecular weight excluding hydrogens is 266 g/mol. The van der Waals surface area contributed by atoms with Crippen LogP contribution in [-0.2, 0) is 30.7 Å². The van der Waals surface area contributed by atoms with Gasteiger partial charge in [0.2, 0.25) is 10.0 Å². The van der Waals surface area contributed by atoms with E-state index in [9.17, 15) is 8.42 Å². The lowest BCUT2D eigenvalue weighted by molar-refractivity contribution is 0.578. The maximum absolute atomic E-state index is 12.1. The van der Waals surface area contributed by atoms with E-state index in [1.165, 1.54) is 10.9 Å². The minimum absolute atomic E-state index is 0.165. The van der Waals surface area contributed by atoms with E-state index < -0.39 is 10.0 Å². The quantitative estimate of drug-likeness (QED) is 0.872. The normalized spacial score (nSPS) is 12.0. The van der Waals surface area contributed by atoms with Gasteiger partial charge in [-0.15, -0.1) is 0 Å². The highest BCUT2D eigenvalue weighted by atomic mass is 32.2. The van der Waals surface area contributed by atoms with Gasteiger partial charge in [-0.05, 0) is 19.9 Å². The second-order valence-electron chi connectivity index (χ2n) is 4.44. The van der Waals surface area contributed by atoms with Crippen LogP contribution >= 0.6 is 0 Å². The first-order valence-electron chi connectivity index (χ1n) is 5.79. The van der Waals surface area contributed by atoms with E-state index in [0.717, 1.165) is 5.69 Å². The zero-order chi connectivity index (χ0) is 14.2. The highest BCUT2D eigenvalue weighted by Gasteiger charge is 2.20. The molecule has 0 saturated carbocycles. The van der Waals surface area contributed by atoms with Crippen molar-refractivity contribution in [2.24, 2.45) is 14.1 Å². The smallest absolute Gasteiger partial charge is 0.244 e. The summed E-state index contributed by atoms with van der Waals surface area (Å²) in [4.78, 5) is 0.197. The molecule has 0 atom stereocenters. The van der Waals surface area contributed by atoms with Crippen LogP contribution in [0, 0.1) is 13.8 Å². The van der Waals surface area contributed by atoms with Crippen molar-refractivity contribution in [1.29, 1.82) is 0 Å². The lowest BCUT2D eigenvalue weighted by Gasteiger charge is -2.04. The Bertz CT molecular complexity index is 679. The summed E-state index contributed by atoms with van der Waals surface area (Å²) in [5, 5.41) is 8.14. The molecule has 0 spiro atoms. The molecule has 2 heterocycles. The second-order valence-corrected chi connectivity index (χ2v) is 6.18. The van der Waals surface area contributed by atoms with E-state index in [2.05, 4.69) is 14.9 Å². The van der Waals surface area contributed by atoms with Crippen molar-refractivity contribution in [3.63, 3.8) is 0 Å². The first-order chi connectivity index (χ1) is 8.81. The van der Waals surface area contributed by atoms with Crippen molar-refractivity contribution in [3.8, 4) is 0 Å². The molecule has 0 aliphatic carbocycles. The van der Waals surface area contributed by atoms with Crippen LogP contribution in [0.25, 0.3) is 0 Å². The average molecular weight is 283 g/mol. The molecule has 19 heavy (non-hydrogen) atoms. The molecule has 0 aliphatic rings. The Balaban J connectivity index is 2.16. The number of hydrogen-bond acceptors (Lipinski definition) is 4. The average Bonchev–Trinajstić information content (AvgIpc) is 2.82.